The summed E-state index contributed by atoms with van der Waals surface area (Å²) in [6.07, 6.45) is 3.12. The van der Waals surface area contributed by atoms with Crippen molar-refractivity contribution in [2.24, 2.45) is 0 Å². The molecule has 2 fully saturated rings. The predicted molar refractivity (Wildman–Crippen MR) is 55.8 cm³/mol. The maximum absolute atomic E-state index is 11.4. The number of cyclic esters (lactones) is 1. The number of carbonyl (C=O) groups excluding carboxylic acids is 1. The van der Waals surface area contributed by atoms with Crippen LogP contribution in [0.15, 0.2) is 0 Å². The van der Waals surface area contributed by atoms with E-state index in [1.165, 1.54) is 0 Å². The molecule has 2 aliphatic heterocycles. The molecule has 0 radical (unpaired) electrons. The number of rotatable bonds is 1. The van der Waals surface area contributed by atoms with Crippen LogP contribution in [0, 0.1) is 0 Å². The first kappa shape index (κ1) is 11.6. The highest BCUT2D eigenvalue weighted by Crippen LogP contribution is 2.15. The van der Waals surface area contributed by atoms with Crippen molar-refractivity contribution >= 4 is 18.5 Å². The molecule has 4 nitrogen and oxygen atoms in total. The van der Waals surface area contributed by atoms with E-state index in [-0.39, 0.29) is 18.5 Å². The van der Waals surface area contributed by atoms with E-state index in [9.17, 15) is 4.79 Å². The Kier molecular flexibility index (Phi) is 4.48. The van der Waals surface area contributed by atoms with E-state index in [0.29, 0.717) is 12.6 Å². The quantitative estimate of drug-likeness (QED) is 0.717. The molecule has 0 spiro atoms. The van der Waals surface area contributed by atoms with E-state index in [1.807, 2.05) is 4.90 Å². The largest absolute Gasteiger partial charge is 0.449 e. The standard InChI is InChI=1S/C9H16N2O2.ClH/c12-9-11(5-2-6-13-9)8-3-1-4-10-7-8;/h8,10H,1-7H2;1H/t8-;/m0./s1. The van der Waals surface area contributed by atoms with Gasteiger partial charge in [-0.15, -0.1) is 12.4 Å². The number of nitrogens with one attached hydrogen (secondary N) is 1. The summed E-state index contributed by atoms with van der Waals surface area (Å²) in [7, 11) is 0. The number of ether oxygens (including phenoxy) is 1. The van der Waals surface area contributed by atoms with Gasteiger partial charge in [0.05, 0.1) is 6.61 Å². The van der Waals surface area contributed by atoms with E-state index < -0.39 is 0 Å². The Morgan fingerprint density at radius 2 is 2.29 bits per heavy atom. The molecule has 0 aromatic carbocycles. The Labute approximate surface area is 90.4 Å². The Morgan fingerprint density at radius 1 is 1.43 bits per heavy atom. The van der Waals surface area contributed by atoms with Gasteiger partial charge in [-0.25, -0.2) is 4.79 Å². The van der Waals surface area contributed by atoms with Crippen molar-refractivity contribution < 1.29 is 9.53 Å². The van der Waals surface area contributed by atoms with E-state index in [1.54, 1.807) is 0 Å². The molecule has 5 heteroatoms. The minimum absolute atomic E-state index is 0. The van der Waals surface area contributed by atoms with Crippen LogP contribution < -0.4 is 5.32 Å². The second-order valence-electron chi connectivity index (χ2n) is 3.66. The number of hydrogen-bond acceptors (Lipinski definition) is 3. The third kappa shape index (κ3) is 2.51. The van der Waals surface area contributed by atoms with Crippen LogP contribution in [0.5, 0.6) is 0 Å². The average molecular weight is 221 g/mol. The monoisotopic (exact) mass is 220 g/mol. The molecule has 14 heavy (non-hydrogen) atoms. The molecule has 0 aromatic rings. The first-order chi connectivity index (χ1) is 6.38. The molecule has 2 rings (SSSR count). The van der Waals surface area contributed by atoms with Crippen LogP contribution in [-0.2, 0) is 4.74 Å². The molecule has 0 saturated carbocycles. The average Bonchev–Trinajstić information content (AvgIpc) is 2.20. The zero-order valence-electron chi connectivity index (χ0n) is 8.20. The summed E-state index contributed by atoms with van der Waals surface area (Å²) in [5.74, 6) is 0. The Balaban J connectivity index is 0.000000980. The summed E-state index contributed by atoms with van der Waals surface area (Å²) in [5, 5.41) is 3.30. The molecule has 0 unspecified atom stereocenters. The summed E-state index contributed by atoms with van der Waals surface area (Å²) in [5.41, 5.74) is 0. The Hall–Kier alpha value is -0.480. The number of nitrogens with zero attached hydrogens (tertiary/aromatic N) is 1. The van der Waals surface area contributed by atoms with Crippen molar-refractivity contribution in [2.45, 2.75) is 25.3 Å². The third-order valence-corrected chi connectivity index (χ3v) is 2.72. The molecular formula is C9H17ClN2O2. The topological polar surface area (TPSA) is 41.6 Å². The first-order valence-corrected chi connectivity index (χ1v) is 5.02. The summed E-state index contributed by atoms with van der Waals surface area (Å²) in [4.78, 5) is 13.2. The highest BCUT2D eigenvalue weighted by atomic mass is 35.5. The fraction of sp³-hybridized carbons (Fsp3) is 0.889. The van der Waals surface area contributed by atoms with Gasteiger partial charge in [-0.05, 0) is 25.8 Å². The second-order valence-corrected chi connectivity index (χ2v) is 3.66. The zero-order valence-corrected chi connectivity index (χ0v) is 9.02. The fourth-order valence-electron chi connectivity index (χ4n) is 2.00. The highest BCUT2D eigenvalue weighted by Gasteiger charge is 2.28. The predicted octanol–water partition coefficient (Wildman–Crippen LogP) is 1.00. The van der Waals surface area contributed by atoms with Crippen LogP contribution in [0.4, 0.5) is 4.79 Å². The lowest BCUT2D eigenvalue weighted by Crippen LogP contribution is -2.51. The van der Waals surface area contributed by atoms with Crippen molar-refractivity contribution in [3.63, 3.8) is 0 Å². The second kappa shape index (κ2) is 5.41. The number of amides is 1. The molecule has 0 aromatic heterocycles. The molecule has 2 aliphatic rings. The van der Waals surface area contributed by atoms with E-state index >= 15 is 0 Å². The van der Waals surface area contributed by atoms with Gasteiger partial charge in [0.1, 0.15) is 0 Å². The minimum Gasteiger partial charge on any atom is -0.449 e. The van der Waals surface area contributed by atoms with Crippen LogP contribution in [0.25, 0.3) is 0 Å². The van der Waals surface area contributed by atoms with Crippen molar-refractivity contribution in [2.75, 3.05) is 26.2 Å². The third-order valence-electron chi connectivity index (χ3n) is 2.72. The van der Waals surface area contributed by atoms with Gasteiger partial charge in [0.15, 0.2) is 0 Å². The van der Waals surface area contributed by atoms with Gasteiger partial charge < -0.3 is 15.0 Å². The maximum Gasteiger partial charge on any atom is 0.410 e. The van der Waals surface area contributed by atoms with Crippen LogP contribution in [0.3, 0.4) is 0 Å². The van der Waals surface area contributed by atoms with Gasteiger partial charge in [-0.2, -0.15) is 0 Å². The lowest BCUT2D eigenvalue weighted by molar-refractivity contribution is 0.0498. The van der Waals surface area contributed by atoms with E-state index in [2.05, 4.69) is 5.32 Å². The van der Waals surface area contributed by atoms with E-state index in [0.717, 1.165) is 38.9 Å². The van der Waals surface area contributed by atoms with Gasteiger partial charge in [-0.1, -0.05) is 0 Å². The van der Waals surface area contributed by atoms with Crippen LogP contribution in [0.1, 0.15) is 19.3 Å². The van der Waals surface area contributed by atoms with Gasteiger partial charge in [0, 0.05) is 19.1 Å². The smallest absolute Gasteiger partial charge is 0.410 e. The highest BCUT2D eigenvalue weighted by molar-refractivity contribution is 5.85. The van der Waals surface area contributed by atoms with Crippen LogP contribution in [-0.4, -0.2) is 43.3 Å². The van der Waals surface area contributed by atoms with Crippen LogP contribution in [0.2, 0.25) is 0 Å². The maximum atomic E-state index is 11.4. The van der Waals surface area contributed by atoms with Crippen molar-refractivity contribution in [1.29, 1.82) is 0 Å². The molecule has 82 valence electrons. The van der Waals surface area contributed by atoms with Crippen molar-refractivity contribution in [3.05, 3.63) is 0 Å². The SMILES string of the molecule is Cl.O=C1OCCCN1[C@H]1CCCNC1. The molecule has 1 amide bonds. The van der Waals surface area contributed by atoms with E-state index in [4.69, 9.17) is 4.74 Å². The number of carbonyl (C=O) groups is 1. The number of halogens is 1. The zero-order chi connectivity index (χ0) is 9.10. The van der Waals surface area contributed by atoms with Gasteiger partial charge in [-0.3, -0.25) is 0 Å². The van der Waals surface area contributed by atoms with Gasteiger partial charge in [0.2, 0.25) is 0 Å². The minimum atomic E-state index is -0.125. The van der Waals surface area contributed by atoms with Crippen LogP contribution >= 0.6 is 12.4 Å². The number of hydrogen-bond donors (Lipinski definition) is 1. The summed E-state index contributed by atoms with van der Waals surface area (Å²) < 4.78 is 5.00. The van der Waals surface area contributed by atoms with Crippen molar-refractivity contribution in [1.82, 2.24) is 10.2 Å². The molecule has 1 atom stereocenters. The molecular weight excluding hydrogens is 204 g/mol. The normalized spacial score (nSPS) is 27.9. The van der Waals surface area contributed by atoms with Gasteiger partial charge >= 0.3 is 6.09 Å². The Morgan fingerprint density at radius 3 is 2.93 bits per heavy atom. The molecule has 1 N–H and O–H groups in total. The fourth-order valence-corrected chi connectivity index (χ4v) is 2.00. The lowest BCUT2D eigenvalue weighted by Gasteiger charge is -2.36. The summed E-state index contributed by atoms with van der Waals surface area (Å²) >= 11 is 0. The molecule has 0 bridgehead atoms. The summed E-state index contributed by atoms with van der Waals surface area (Å²) in [6, 6.07) is 0.363. The summed E-state index contributed by atoms with van der Waals surface area (Å²) in [6.45, 7) is 3.47. The first-order valence-electron chi connectivity index (χ1n) is 5.02. The molecule has 0 aliphatic carbocycles. The number of piperidine rings is 1. The van der Waals surface area contributed by atoms with Gasteiger partial charge in [0.25, 0.3) is 0 Å². The Bertz CT molecular complexity index is 195. The molecule has 2 saturated heterocycles. The molecule has 2 heterocycles. The van der Waals surface area contributed by atoms with Crippen molar-refractivity contribution in [3.8, 4) is 0 Å². The lowest BCUT2D eigenvalue weighted by atomic mass is 10.1.